The summed E-state index contributed by atoms with van der Waals surface area (Å²) in [6, 6.07) is 14.0. The Morgan fingerprint density at radius 2 is 1.78 bits per heavy atom. The quantitative estimate of drug-likeness (QED) is 0.619. The Hall–Kier alpha value is -2.60. The molecule has 2 aromatic carbocycles. The highest BCUT2D eigenvalue weighted by Gasteiger charge is 2.21. The number of Topliss-reactive ketones (excluding diaryl/α,β-unsaturated/α-hetero) is 1. The van der Waals surface area contributed by atoms with Crippen molar-refractivity contribution < 1.29 is 9.53 Å². The highest BCUT2D eigenvalue weighted by Crippen LogP contribution is 2.34. The second kappa shape index (κ2) is 7.56. The van der Waals surface area contributed by atoms with E-state index < -0.39 is 0 Å². The molecule has 27 heavy (non-hydrogen) atoms. The summed E-state index contributed by atoms with van der Waals surface area (Å²) in [6.07, 6.45) is 0. The summed E-state index contributed by atoms with van der Waals surface area (Å²) in [5.41, 5.74) is 2.89. The summed E-state index contributed by atoms with van der Waals surface area (Å²) in [7, 11) is 0. The van der Waals surface area contributed by atoms with Crippen molar-refractivity contribution >= 4 is 38.2 Å². The summed E-state index contributed by atoms with van der Waals surface area (Å²) < 4.78 is 6.88. The number of benzene rings is 2. The molecular formula is C21H23N3O2S. The fourth-order valence-corrected chi connectivity index (χ4v) is 4.42. The van der Waals surface area contributed by atoms with E-state index in [0.717, 1.165) is 48.1 Å². The van der Waals surface area contributed by atoms with E-state index in [-0.39, 0.29) is 5.78 Å². The molecule has 140 valence electrons. The highest BCUT2D eigenvalue weighted by molar-refractivity contribution is 7.22. The van der Waals surface area contributed by atoms with Crippen molar-refractivity contribution in [3.05, 3.63) is 48.0 Å². The average molecular weight is 382 g/mol. The number of carbonyl (C=O) groups is 1. The lowest BCUT2D eigenvalue weighted by atomic mass is 10.1. The van der Waals surface area contributed by atoms with Crippen LogP contribution in [0.3, 0.4) is 0 Å². The third-order valence-electron chi connectivity index (χ3n) is 4.86. The van der Waals surface area contributed by atoms with E-state index in [1.165, 1.54) is 10.4 Å². The predicted molar refractivity (Wildman–Crippen MR) is 112 cm³/mol. The van der Waals surface area contributed by atoms with E-state index in [1.807, 2.05) is 43.3 Å². The molecule has 0 atom stereocenters. The molecule has 0 N–H and O–H groups in total. The molecule has 0 spiro atoms. The van der Waals surface area contributed by atoms with Crippen LogP contribution >= 0.6 is 11.3 Å². The van der Waals surface area contributed by atoms with Crippen LogP contribution in [0.25, 0.3) is 10.2 Å². The van der Waals surface area contributed by atoms with Gasteiger partial charge in [0.15, 0.2) is 10.9 Å². The molecule has 0 amide bonds. The second-order valence-electron chi connectivity index (χ2n) is 6.61. The zero-order valence-corrected chi connectivity index (χ0v) is 16.5. The van der Waals surface area contributed by atoms with Gasteiger partial charge in [0.2, 0.25) is 0 Å². The topological polar surface area (TPSA) is 45.7 Å². The maximum Gasteiger partial charge on any atom is 0.186 e. The minimum atomic E-state index is 0.105. The number of rotatable bonds is 5. The fraction of sp³-hybridized carbons (Fsp3) is 0.333. The summed E-state index contributed by atoms with van der Waals surface area (Å²) in [6.45, 7) is 7.97. The molecule has 0 unspecified atom stereocenters. The second-order valence-corrected chi connectivity index (χ2v) is 7.62. The lowest BCUT2D eigenvalue weighted by Crippen LogP contribution is -2.46. The number of fused-ring (bicyclic) bond motifs is 1. The standard InChI is InChI=1S/C21H23N3O2S/c1-3-26-18-5-4-6-19-20(18)22-21(27-19)24-13-11-23(12-14-24)17-9-7-16(8-10-17)15(2)25/h4-10H,3,11-14H2,1-2H3. The van der Waals surface area contributed by atoms with Crippen LogP contribution in [0.1, 0.15) is 24.2 Å². The Labute approximate surface area is 163 Å². The Morgan fingerprint density at radius 1 is 1.07 bits per heavy atom. The first-order valence-electron chi connectivity index (χ1n) is 9.29. The third kappa shape index (κ3) is 3.62. The maximum atomic E-state index is 11.4. The van der Waals surface area contributed by atoms with Gasteiger partial charge in [-0.25, -0.2) is 4.98 Å². The molecule has 1 saturated heterocycles. The molecule has 0 saturated carbocycles. The van der Waals surface area contributed by atoms with Gasteiger partial charge >= 0.3 is 0 Å². The normalized spacial score (nSPS) is 14.6. The summed E-state index contributed by atoms with van der Waals surface area (Å²) in [5.74, 6) is 0.968. The van der Waals surface area contributed by atoms with E-state index in [4.69, 9.17) is 9.72 Å². The van der Waals surface area contributed by atoms with Crippen LogP contribution in [0.5, 0.6) is 5.75 Å². The molecular weight excluding hydrogens is 358 g/mol. The first-order valence-corrected chi connectivity index (χ1v) is 10.1. The van der Waals surface area contributed by atoms with Crippen LogP contribution in [-0.2, 0) is 0 Å². The van der Waals surface area contributed by atoms with Crippen molar-refractivity contribution in [3.8, 4) is 5.75 Å². The third-order valence-corrected chi connectivity index (χ3v) is 5.94. The molecule has 2 heterocycles. The summed E-state index contributed by atoms with van der Waals surface area (Å²) in [5, 5.41) is 1.06. The molecule has 4 rings (SSSR count). The molecule has 1 aliphatic rings. The molecule has 1 fully saturated rings. The monoisotopic (exact) mass is 381 g/mol. The Kier molecular flexibility index (Phi) is 4.99. The summed E-state index contributed by atoms with van der Waals surface area (Å²) >= 11 is 1.72. The van der Waals surface area contributed by atoms with Gasteiger partial charge in [0, 0.05) is 37.4 Å². The molecule has 5 nitrogen and oxygen atoms in total. The van der Waals surface area contributed by atoms with Crippen LogP contribution < -0.4 is 14.5 Å². The molecule has 3 aromatic rings. The van der Waals surface area contributed by atoms with Crippen molar-refractivity contribution in [3.63, 3.8) is 0 Å². The van der Waals surface area contributed by atoms with Gasteiger partial charge in [-0.15, -0.1) is 0 Å². The predicted octanol–water partition coefficient (Wildman–Crippen LogP) is 4.22. The fourth-order valence-electron chi connectivity index (χ4n) is 3.38. The van der Waals surface area contributed by atoms with Crippen LogP contribution in [0, 0.1) is 0 Å². The van der Waals surface area contributed by atoms with Gasteiger partial charge in [-0.2, -0.15) is 0 Å². The van der Waals surface area contributed by atoms with Gasteiger partial charge in [0.05, 0.1) is 11.3 Å². The average Bonchev–Trinajstić information content (AvgIpc) is 3.14. The number of piperazine rings is 1. The van der Waals surface area contributed by atoms with Crippen molar-refractivity contribution in [2.45, 2.75) is 13.8 Å². The largest absolute Gasteiger partial charge is 0.492 e. The SMILES string of the molecule is CCOc1cccc2sc(N3CCN(c4ccc(C(C)=O)cc4)CC3)nc12. The number of aromatic nitrogens is 1. The Morgan fingerprint density at radius 3 is 2.44 bits per heavy atom. The molecule has 0 radical (unpaired) electrons. The van der Waals surface area contributed by atoms with Crippen LogP contribution in [-0.4, -0.2) is 43.6 Å². The van der Waals surface area contributed by atoms with E-state index in [9.17, 15) is 4.79 Å². The van der Waals surface area contributed by atoms with Gasteiger partial charge in [-0.3, -0.25) is 4.79 Å². The number of anilines is 2. The number of nitrogens with zero attached hydrogens (tertiary/aromatic N) is 3. The molecule has 0 aliphatic carbocycles. The zero-order chi connectivity index (χ0) is 18.8. The molecule has 1 aliphatic heterocycles. The number of ketones is 1. The molecule has 6 heteroatoms. The lowest BCUT2D eigenvalue weighted by Gasteiger charge is -2.36. The first-order chi connectivity index (χ1) is 13.2. The zero-order valence-electron chi connectivity index (χ0n) is 15.6. The van der Waals surface area contributed by atoms with Gasteiger partial charge < -0.3 is 14.5 Å². The van der Waals surface area contributed by atoms with Crippen molar-refractivity contribution in [2.75, 3.05) is 42.6 Å². The highest BCUT2D eigenvalue weighted by atomic mass is 32.1. The van der Waals surface area contributed by atoms with E-state index in [1.54, 1.807) is 18.3 Å². The van der Waals surface area contributed by atoms with Crippen molar-refractivity contribution in [1.29, 1.82) is 0 Å². The minimum Gasteiger partial charge on any atom is -0.492 e. The van der Waals surface area contributed by atoms with Crippen molar-refractivity contribution in [1.82, 2.24) is 4.98 Å². The number of hydrogen-bond acceptors (Lipinski definition) is 6. The van der Waals surface area contributed by atoms with Gasteiger partial charge in [-0.1, -0.05) is 17.4 Å². The van der Waals surface area contributed by atoms with Gasteiger partial charge in [-0.05, 0) is 50.2 Å². The number of hydrogen-bond donors (Lipinski definition) is 0. The maximum absolute atomic E-state index is 11.4. The van der Waals surface area contributed by atoms with Crippen molar-refractivity contribution in [2.24, 2.45) is 0 Å². The van der Waals surface area contributed by atoms with E-state index in [2.05, 4.69) is 15.9 Å². The Bertz CT molecular complexity index is 944. The first kappa shape index (κ1) is 17.8. The summed E-state index contributed by atoms with van der Waals surface area (Å²) in [4.78, 5) is 21.0. The number of thiazole rings is 1. The van der Waals surface area contributed by atoms with E-state index in [0.29, 0.717) is 6.61 Å². The van der Waals surface area contributed by atoms with Crippen LogP contribution in [0.15, 0.2) is 42.5 Å². The van der Waals surface area contributed by atoms with Crippen LogP contribution in [0.2, 0.25) is 0 Å². The minimum absolute atomic E-state index is 0.105. The van der Waals surface area contributed by atoms with Crippen LogP contribution in [0.4, 0.5) is 10.8 Å². The van der Waals surface area contributed by atoms with E-state index >= 15 is 0 Å². The molecule has 0 bridgehead atoms. The number of ether oxygens (including phenoxy) is 1. The number of carbonyl (C=O) groups excluding carboxylic acids is 1. The lowest BCUT2D eigenvalue weighted by molar-refractivity contribution is 0.101. The number of para-hydroxylation sites is 1. The molecule has 1 aromatic heterocycles. The Balaban J connectivity index is 1.46. The van der Waals surface area contributed by atoms with Gasteiger partial charge in [0.1, 0.15) is 11.3 Å². The van der Waals surface area contributed by atoms with Gasteiger partial charge in [0.25, 0.3) is 0 Å². The smallest absolute Gasteiger partial charge is 0.186 e.